The van der Waals surface area contributed by atoms with Crippen LogP contribution in [0.4, 0.5) is 4.79 Å². The second kappa shape index (κ2) is 6.61. The molecule has 1 fully saturated rings. The van der Waals surface area contributed by atoms with Crippen molar-refractivity contribution in [2.45, 2.75) is 32.2 Å². The molecule has 21 heavy (non-hydrogen) atoms. The Labute approximate surface area is 125 Å². The van der Waals surface area contributed by atoms with E-state index in [1.165, 1.54) is 0 Å². The average molecular weight is 290 g/mol. The van der Waals surface area contributed by atoms with Crippen LogP contribution in [0.5, 0.6) is 0 Å². The number of alkyl carbamates (subject to hydrolysis) is 1. The van der Waals surface area contributed by atoms with Gasteiger partial charge in [-0.15, -0.1) is 0 Å². The Bertz CT molecular complexity index is 500. The van der Waals surface area contributed by atoms with E-state index in [0.717, 1.165) is 18.5 Å². The third-order valence-corrected chi connectivity index (χ3v) is 3.68. The second-order valence-corrected chi connectivity index (χ2v) is 5.74. The van der Waals surface area contributed by atoms with Gasteiger partial charge in [-0.05, 0) is 25.8 Å². The first-order valence-electron chi connectivity index (χ1n) is 7.27. The molecule has 2 rings (SSSR count). The molecule has 0 aliphatic carbocycles. The van der Waals surface area contributed by atoms with Crippen molar-refractivity contribution in [3.8, 4) is 0 Å². The number of hydrogen-bond acceptors (Lipinski definition) is 3. The smallest absolute Gasteiger partial charge is 0.407 e. The van der Waals surface area contributed by atoms with Crippen LogP contribution >= 0.6 is 0 Å². The number of ether oxygens (including phenoxy) is 1. The lowest BCUT2D eigenvalue weighted by molar-refractivity contribution is -0.128. The predicted octanol–water partition coefficient (Wildman–Crippen LogP) is 2.27. The van der Waals surface area contributed by atoms with Gasteiger partial charge in [0.2, 0.25) is 5.91 Å². The maximum absolute atomic E-state index is 11.9. The molecular weight excluding hydrogens is 268 g/mol. The van der Waals surface area contributed by atoms with Crippen LogP contribution in [0.1, 0.15) is 32.3 Å². The van der Waals surface area contributed by atoms with Crippen LogP contribution in [-0.4, -0.2) is 36.6 Å². The highest BCUT2D eigenvalue weighted by atomic mass is 16.5. The zero-order valence-electron chi connectivity index (χ0n) is 12.6. The lowest BCUT2D eigenvalue weighted by Crippen LogP contribution is -2.42. The van der Waals surface area contributed by atoms with E-state index in [-0.39, 0.29) is 12.5 Å². The number of nitrogens with zero attached hydrogens (tertiary/aromatic N) is 1. The van der Waals surface area contributed by atoms with Gasteiger partial charge in [-0.3, -0.25) is 4.79 Å². The summed E-state index contributed by atoms with van der Waals surface area (Å²) in [6.07, 6.45) is 1.04. The highest BCUT2D eigenvalue weighted by molar-refractivity contribution is 5.78. The molecule has 5 heteroatoms. The van der Waals surface area contributed by atoms with Crippen molar-refractivity contribution in [1.82, 2.24) is 10.2 Å². The SMILES string of the molecule is CC(C)(NC(=O)OCCN1CCCC1=O)c1ccccc1. The number of hydrogen-bond donors (Lipinski definition) is 1. The number of benzene rings is 1. The monoisotopic (exact) mass is 290 g/mol. The quantitative estimate of drug-likeness (QED) is 0.905. The Balaban J connectivity index is 1.77. The average Bonchev–Trinajstić information content (AvgIpc) is 2.85. The first-order valence-corrected chi connectivity index (χ1v) is 7.27. The molecule has 0 radical (unpaired) electrons. The van der Waals surface area contributed by atoms with Gasteiger partial charge < -0.3 is 15.0 Å². The lowest BCUT2D eigenvalue weighted by atomic mass is 9.95. The Hall–Kier alpha value is -2.04. The molecule has 0 bridgehead atoms. The first-order chi connectivity index (χ1) is 9.99. The molecule has 2 amide bonds. The Kier molecular flexibility index (Phi) is 4.83. The zero-order valence-corrected chi connectivity index (χ0v) is 12.6. The molecule has 1 aliphatic heterocycles. The molecular formula is C16H22N2O3. The van der Waals surface area contributed by atoms with E-state index in [4.69, 9.17) is 4.74 Å². The minimum absolute atomic E-state index is 0.142. The molecule has 1 aliphatic rings. The summed E-state index contributed by atoms with van der Waals surface area (Å²) in [6, 6.07) is 9.73. The third-order valence-electron chi connectivity index (χ3n) is 3.68. The number of carbonyl (C=O) groups excluding carboxylic acids is 2. The van der Waals surface area contributed by atoms with Crippen LogP contribution < -0.4 is 5.32 Å². The minimum Gasteiger partial charge on any atom is -0.448 e. The standard InChI is InChI=1S/C16H22N2O3/c1-16(2,13-7-4-3-5-8-13)17-15(20)21-12-11-18-10-6-9-14(18)19/h3-5,7-8H,6,9-12H2,1-2H3,(H,17,20). The molecule has 0 atom stereocenters. The van der Waals surface area contributed by atoms with Gasteiger partial charge in [0.25, 0.3) is 0 Å². The highest BCUT2D eigenvalue weighted by Gasteiger charge is 2.24. The first kappa shape index (κ1) is 15.4. The number of rotatable bonds is 5. The van der Waals surface area contributed by atoms with Gasteiger partial charge in [-0.2, -0.15) is 0 Å². The van der Waals surface area contributed by atoms with E-state index < -0.39 is 11.6 Å². The number of amides is 2. The van der Waals surface area contributed by atoms with Gasteiger partial charge in [0.05, 0.1) is 12.1 Å². The molecule has 0 unspecified atom stereocenters. The molecule has 1 aromatic carbocycles. The summed E-state index contributed by atoms with van der Waals surface area (Å²) in [7, 11) is 0. The fourth-order valence-electron chi connectivity index (χ4n) is 2.41. The molecule has 1 aromatic rings. The Morgan fingerprint density at radius 3 is 2.67 bits per heavy atom. The minimum atomic E-state index is -0.498. The van der Waals surface area contributed by atoms with E-state index >= 15 is 0 Å². The maximum atomic E-state index is 11.9. The van der Waals surface area contributed by atoms with Crippen molar-refractivity contribution in [3.05, 3.63) is 35.9 Å². The Morgan fingerprint density at radius 2 is 2.05 bits per heavy atom. The van der Waals surface area contributed by atoms with E-state index in [2.05, 4.69) is 5.32 Å². The molecule has 1 heterocycles. The van der Waals surface area contributed by atoms with Crippen LogP contribution in [0, 0.1) is 0 Å². The van der Waals surface area contributed by atoms with Gasteiger partial charge in [0.1, 0.15) is 6.61 Å². The van der Waals surface area contributed by atoms with Crippen molar-refractivity contribution < 1.29 is 14.3 Å². The molecule has 1 N–H and O–H groups in total. The summed E-state index contributed by atoms with van der Waals surface area (Å²) in [6.45, 7) is 5.31. The van der Waals surface area contributed by atoms with Gasteiger partial charge in [0, 0.05) is 13.0 Å². The third kappa shape index (κ3) is 4.21. The molecule has 5 nitrogen and oxygen atoms in total. The fourth-order valence-corrected chi connectivity index (χ4v) is 2.41. The van der Waals surface area contributed by atoms with Gasteiger partial charge in [-0.1, -0.05) is 30.3 Å². The molecule has 0 saturated carbocycles. The van der Waals surface area contributed by atoms with Gasteiger partial charge in [-0.25, -0.2) is 4.79 Å². The lowest BCUT2D eigenvalue weighted by Gasteiger charge is -2.26. The fraction of sp³-hybridized carbons (Fsp3) is 0.500. The van der Waals surface area contributed by atoms with Crippen LogP contribution in [0.15, 0.2) is 30.3 Å². The van der Waals surface area contributed by atoms with Crippen molar-refractivity contribution >= 4 is 12.0 Å². The largest absolute Gasteiger partial charge is 0.448 e. The Morgan fingerprint density at radius 1 is 1.33 bits per heavy atom. The van der Waals surface area contributed by atoms with Gasteiger partial charge in [0.15, 0.2) is 0 Å². The maximum Gasteiger partial charge on any atom is 0.407 e. The van der Waals surface area contributed by atoms with E-state index in [1.807, 2.05) is 44.2 Å². The van der Waals surface area contributed by atoms with Crippen molar-refractivity contribution in [2.24, 2.45) is 0 Å². The number of nitrogens with one attached hydrogen (secondary N) is 1. The van der Waals surface area contributed by atoms with Crippen LogP contribution in [0.25, 0.3) is 0 Å². The summed E-state index contributed by atoms with van der Waals surface area (Å²) in [4.78, 5) is 25.0. The van der Waals surface area contributed by atoms with Crippen molar-refractivity contribution in [3.63, 3.8) is 0 Å². The number of likely N-dealkylation sites (tertiary alicyclic amines) is 1. The predicted molar refractivity (Wildman–Crippen MR) is 79.8 cm³/mol. The summed E-state index contributed by atoms with van der Waals surface area (Å²) < 4.78 is 5.17. The zero-order chi connectivity index (χ0) is 15.3. The highest BCUT2D eigenvalue weighted by Crippen LogP contribution is 2.19. The summed E-state index contributed by atoms with van der Waals surface area (Å²) in [5.74, 6) is 0.142. The molecule has 0 aromatic heterocycles. The summed E-state index contributed by atoms with van der Waals surface area (Å²) >= 11 is 0. The van der Waals surface area contributed by atoms with E-state index in [0.29, 0.717) is 13.0 Å². The second-order valence-electron chi connectivity index (χ2n) is 5.74. The van der Waals surface area contributed by atoms with E-state index in [9.17, 15) is 9.59 Å². The van der Waals surface area contributed by atoms with Crippen LogP contribution in [0.3, 0.4) is 0 Å². The molecule has 1 saturated heterocycles. The molecule has 0 spiro atoms. The number of carbonyl (C=O) groups is 2. The van der Waals surface area contributed by atoms with E-state index in [1.54, 1.807) is 4.90 Å². The summed E-state index contributed by atoms with van der Waals surface area (Å²) in [5.41, 5.74) is 0.513. The van der Waals surface area contributed by atoms with Crippen LogP contribution in [0.2, 0.25) is 0 Å². The van der Waals surface area contributed by atoms with Crippen molar-refractivity contribution in [1.29, 1.82) is 0 Å². The van der Waals surface area contributed by atoms with Crippen molar-refractivity contribution in [2.75, 3.05) is 19.7 Å². The van der Waals surface area contributed by atoms with Gasteiger partial charge >= 0.3 is 6.09 Å². The van der Waals surface area contributed by atoms with Crippen LogP contribution in [-0.2, 0) is 15.1 Å². The topological polar surface area (TPSA) is 58.6 Å². The summed E-state index contributed by atoms with van der Waals surface area (Å²) in [5, 5.41) is 2.84. The normalized spacial score (nSPS) is 15.1. The molecule has 114 valence electrons.